The van der Waals surface area contributed by atoms with Crippen LogP contribution in [0.1, 0.15) is 32.2 Å². The molecule has 0 radical (unpaired) electrons. The van der Waals surface area contributed by atoms with Crippen LogP contribution in [0.5, 0.6) is 0 Å². The van der Waals surface area contributed by atoms with Crippen LogP contribution in [-0.2, 0) is 5.41 Å². The molecule has 0 bridgehead atoms. The first-order valence-electron chi connectivity index (χ1n) is 6.19. The number of aryl methyl sites for hydroxylation is 1. The monoisotopic (exact) mass is 275 g/mol. The molecule has 0 unspecified atom stereocenters. The highest BCUT2D eigenvalue weighted by Gasteiger charge is 2.18. The first-order chi connectivity index (χ1) is 8.77. The van der Waals surface area contributed by atoms with E-state index >= 15 is 0 Å². The van der Waals surface area contributed by atoms with Crippen LogP contribution in [0.4, 0.5) is 5.69 Å². The van der Waals surface area contributed by atoms with Crippen molar-refractivity contribution in [1.82, 2.24) is 9.97 Å². The third kappa shape index (κ3) is 3.04. The van der Waals surface area contributed by atoms with E-state index in [4.69, 9.17) is 17.3 Å². The van der Waals surface area contributed by atoms with Gasteiger partial charge in [-0.15, -0.1) is 0 Å². The second-order valence-corrected chi connectivity index (χ2v) is 6.11. The summed E-state index contributed by atoms with van der Waals surface area (Å²) in [7, 11) is 0. The maximum atomic E-state index is 6.22. The van der Waals surface area contributed by atoms with Crippen molar-refractivity contribution in [2.24, 2.45) is 0 Å². The summed E-state index contributed by atoms with van der Waals surface area (Å²) in [4.78, 5) is 9.10. The Morgan fingerprint density at radius 1 is 1.11 bits per heavy atom. The van der Waals surface area contributed by atoms with Gasteiger partial charge in [-0.05, 0) is 31.2 Å². The first-order valence-corrected chi connectivity index (χ1v) is 6.57. The Morgan fingerprint density at radius 3 is 2.37 bits per heavy atom. The van der Waals surface area contributed by atoms with Crippen LogP contribution < -0.4 is 5.73 Å². The molecule has 2 aromatic rings. The van der Waals surface area contributed by atoms with E-state index in [-0.39, 0.29) is 5.41 Å². The van der Waals surface area contributed by atoms with Gasteiger partial charge >= 0.3 is 0 Å². The quantitative estimate of drug-likeness (QED) is 0.801. The van der Waals surface area contributed by atoms with Crippen molar-refractivity contribution < 1.29 is 0 Å². The van der Waals surface area contributed by atoms with Crippen molar-refractivity contribution in [1.29, 1.82) is 0 Å². The molecule has 1 heterocycles. The maximum Gasteiger partial charge on any atom is 0.161 e. The van der Waals surface area contributed by atoms with Crippen molar-refractivity contribution in [3.63, 3.8) is 0 Å². The fourth-order valence-corrected chi connectivity index (χ4v) is 2.06. The van der Waals surface area contributed by atoms with Crippen molar-refractivity contribution in [3.8, 4) is 11.4 Å². The van der Waals surface area contributed by atoms with Crippen LogP contribution in [0.2, 0.25) is 5.02 Å². The first kappa shape index (κ1) is 13.8. The predicted octanol–water partition coefficient (Wildman–Crippen LogP) is 3.99. The van der Waals surface area contributed by atoms with Crippen molar-refractivity contribution in [2.75, 3.05) is 5.73 Å². The molecule has 19 heavy (non-hydrogen) atoms. The minimum absolute atomic E-state index is 0.0251. The lowest BCUT2D eigenvalue weighted by molar-refractivity contribution is 0.567. The third-order valence-electron chi connectivity index (χ3n) is 2.86. The van der Waals surface area contributed by atoms with Crippen LogP contribution in [0.25, 0.3) is 11.4 Å². The topological polar surface area (TPSA) is 51.8 Å². The molecule has 4 heteroatoms. The Labute approximate surface area is 118 Å². The number of nitrogens with zero attached hydrogens (tertiary/aromatic N) is 2. The highest BCUT2D eigenvalue weighted by atomic mass is 35.5. The number of halogens is 1. The van der Waals surface area contributed by atoms with E-state index in [0.29, 0.717) is 16.5 Å². The van der Waals surface area contributed by atoms with Gasteiger partial charge in [-0.2, -0.15) is 0 Å². The van der Waals surface area contributed by atoms with Gasteiger partial charge < -0.3 is 5.73 Å². The number of anilines is 1. The molecule has 100 valence electrons. The van der Waals surface area contributed by atoms with Crippen LogP contribution in [-0.4, -0.2) is 9.97 Å². The lowest BCUT2D eigenvalue weighted by atomic mass is 9.91. The smallest absolute Gasteiger partial charge is 0.161 e. The summed E-state index contributed by atoms with van der Waals surface area (Å²) in [5.74, 6) is 0.648. The number of nitrogen functional groups attached to an aromatic ring is 1. The molecule has 1 aromatic heterocycles. The molecule has 0 saturated heterocycles. The molecule has 0 fully saturated rings. The molecule has 0 atom stereocenters. The number of aromatic nitrogens is 2. The third-order valence-corrected chi connectivity index (χ3v) is 3.17. The zero-order valence-electron chi connectivity index (χ0n) is 11.7. The largest absolute Gasteiger partial charge is 0.399 e. The van der Waals surface area contributed by atoms with Crippen LogP contribution in [0, 0.1) is 6.92 Å². The van der Waals surface area contributed by atoms with Gasteiger partial charge in [-0.1, -0.05) is 32.4 Å². The van der Waals surface area contributed by atoms with Crippen molar-refractivity contribution in [2.45, 2.75) is 33.1 Å². The Morgan fingerprint density at radius 2 is 1.79 bits per heavy atom. The predicted molar refractivity (Wildman–Crippen MR) is 80.3 cm³/mol. The SMILES string of the molecule is Cc1cc(C(C)(C)C)nc(-c2ccc(N)cc2Cl)n1. The molecule has 0 amide bonds. The summed E-state index contributed by atoms with van der Waals surface area (Å²) in [6.07, 6.45) is 0. The normalized spacial score (nSPS) is 11.6. The second-order valence-electron chi connectivity index (χ2n) is 5.71. The fraction of sp³-hybridized carbons (Fsp3) is 0.333. The molecule has 1 aromatic carbocycles. The van der Waals surface area contributed by atoms with Crippen LogP contribution in [0.15, 0.2) is 24.3 Å². The number of rotatable bonds is 1. The summed E-state index contributed by atoms with van der Waals surface area (Å²) in [5, 5.41) is 0.574. The molecule has 2 N–H and O–H groups in total. The van der Waals surface area contributed by atoms with Crippen molar-refractivity contribution in [3.05, 3.63) is 40.7 Å². The molecule has 0 spiro atoms. The van der Waals surface area contributed by atoms with Gasteiger partial charge in [0, 0.05) is 22.4 Å². The van der Waals surface area contributed by atoms with E-state index in [2.05, 4.69) is 30.7 Å². The standard InChI is InChI=1S/C15H18ClN3/c1-9-7-13(15(2,3)4)19-14(18-9)11-6-5-10(17)8-12(11)16/h5-8H,17H2,1-4H3. The van der Waals surface area contributed by atoms with Crippen LogP contribution in [0.3, 0.4) is 0 Å². The van der Waals surface area contributed by atoms with E-state index in [1.54, 1.807) is 6.07 Å². The van der Waals surface area contributed by atoms with Crippen LogP contribution >= 0.6 is 11.6 Å². The molecule has 0 aliphatic heterocycles. The van der Waals surface area contributed by atoms with Gasteiger partial charge in [0.15, 0.2) is 5.82 Å². The average Bonchev–Trinajstić information content (AvgIpc) is 2.26. The van der Waals surface area contributed by atoms with Gasteiger partial charge in [-0.3, -0.25) is 0 Å². The van der Waals surface area contributed by atoms with E-state index in [0.717, 1.165) is 17.0 Å². The maximum absolute atomic E-state index is 6.22. The lowest BCUT2D eigenvalue weighted by Gasteiger charge is -2.19. The number of benzene rings is 1. The van der Waals surface area contributed by atoms with E-state index in [9.17, 15) is 0 Å². The molecule has 0 aliphatic rings. The average molecular weight is 276 g/mol. The van der Waals surface area contributed by atoms with E-state index < -0.39 is 0 Å². The van der Waals surface area contributed by atoms with Gasteiger partial charge in [-0.25, -0.2) is 9.97 Å². The Bertz CT molecular complexity index is 615. The van der Waals surface area contributed by atoms with E-state index in [1.807, 2.05) is 25.1 Å². The number of nitrogens with two attached hydrogens (primary N) is 1. The summed E-state index contributed by atoms with van der Waals surface area (Å²) in [5.41, 5.74) is 9.07. The highest BCUT2D eigenvalue weighted by Crippen LogP contribution is 2.29. The molecule has 3 nitrogen and oxygen atoms in total. The molecule has 0 aliphatic carbocycles. The van der Waals surface area contributed by atoms with Gasteiger partial charge in [0.1, 0.15) is 0 Å². The second kappa shape index (κ2) is 4.82. The van der Waals surface area contributed by atoms with E-state index in [1.165, 1.54) is 0 Å². The number of hydrogen-bond acceptors (Lipinski definition) is 3. The Hall–Kier alpha value is -1.61. The fourth-order valence-electron chi connectivity index (χ4n) is 1.79. The van der Waals surface area contributed by atoms with Gasteiger partial charge in [0.05, 0.1) is 10.7 Å². The van der Waals surface area contributed by atoms with Crippen molar-refractivity contribution >= 4 is 17.3 Å². The summed E-state index contributed by atoms with van der Waals surface area (Å²) in [6.45, 7) is 8.35. The minimum atomic E-state index is -0.0251. The summed E-state index contributed by atoms with van der Waals surface area (Å²) < 4.78 is 0. The molecular weight excluding hydrogens is 258 g/mol. The van der Waals surface area contributed by atoms with Gasteiger partial charge in [0.25, 0.3) is 0 Å². The minimum Gasteiger partial charge on any atom is -0.399 e. The Balaban J connectivity index is 2.59. The lowest BCUT2D eigenvalue weighted by Crippen LogP contribution is -2.15. The molecule has 0 saturated carbocycles. The zero-order valence-corrected chi connectivity index (χ0v) is 12.4. The summed E-state index contributed by atoms with van der Waals surface area (Å²) in [6, 6.07) is 7.40. The zero-order chi connectivity index (χ0) is 14.2. The summed E-state index contributed by atoms with van der Waals surface area (Å²) >= 11 is 6.22. The number of hydrogen-bond donors (Lipinski definition) is 1. The highest BCUT2D eigenvalue weighted by molar-refractivity contribution is 6.33. The van der Waals surface area contributed by atoms with Gasteiger partial charge in [0.2, 0.25) is 0 Å². The Kier molecular flexibility index (Phi) is 3.50. The molecule has 2 rings (SSSR count). The molecular formula is C15H18ClN3.